The molecule has 122 valence electrons. The van der Waals surface area contributed by atoms with Crippen molar-refractivity contribution < 1.29 is 25.8 Å². The lowest BCUT2D eigenvalue weighted by Gasteiger charge is -2.12. The topological polar surface area (TPSA) is 61.2 Å². The molecule has 22 heavy (non-hydrogen) atoms. The maximum atomic E-state index is 12.3. The predicted octanol–water partition coefficient (Wildman–Crippen LogP) is 2.68. The van der Waals surface area contributed by atoms with Crippen LogP contribution in [0.2, 0.25) is 0 Å². The van der Waals surface area contributed by atoms with Crippen molar-refractivity contribution in [1.82, 2.24) is 9.78 Å². The van der Waals surface area contributed by atoms with E-state index in [9.17, 15) is 21.6 Å². The lowest BCUT2D eigenvalue weighted by atomic mass is 9.98. The molecule has 0 aromatic carbocycles. The fraction of sp³-hybridized carbons (Fsp3) is 0.615. The molecule has 3 unspecified atom stereocenters. The number of hydrogen-bond donors (Lipinski definition) is 0. The number of allylic oxidation sites excluding steroid dienone is 2. The van der Waals surface area contributed by atoms with E-state index in [0.29, 0.717) is 5.92 Å². The van der Waals surface area contributed by atoms with Gasteiger partial charge in [0.1, 0.15) is 5.76 Å². The molecule has 0 saturated heterocycles. The first-order valence-corrected chi connectivity index (χ1v) is 8.26. The van der Waals surface area contributed by atoms with Crippen LogP contribution in [-0.4, -0.2) is 23.7 Å². The third-order valence-corrected chi connectivity index (χ3v) is 5.31. The van der Waals surface area contributed by atoms with Crippen molar-refractivity contribution >= 4 is 10.1 Å². The van der Waals surface area contributed by atoms with E-state index in [-0.39, 0.29) is 24.0 Å². The molecule has 0 N–H and O–H groups in total. The average Bonchev–Trinajstić information content (AvgIpc) is 3.00. The molecule has 1 saturated carbocycles. The first-order chi connectivity index (χ1) is 10.2. The first-order valence-electron chi connectivity index (χ1n) is 6.85. The zero-order valence-corrected chi connectivity index (χ0v) is 12.6. The molecule has 1 aromatic rings. The van der Waals surface area contributed by atoms with Gasteiger partial charge in [-0.1, -0.05) is 0 Å². The number of alkyl halides is 3. The molecule has 3 rings (SSSR count). The molecule has 0 bridgehead atoms. The number of halogens is 3. The Bertz CT molecular complexity index is 708. The number of nitrogens with zero attached hydrogens (tertiary/aromatic N) is 2. The summed E-state index contributed by atoms with van der Waals surface area (Å²) in [6, 6.07) is 0. The van der Waals surface area contributed by atoms with Gasteiger partial charge < -0.3 is 4.18 Å². The van der Waals surface area contributed by atoms with Crippen LogP contribution in [0.5, 0.6) is 0 Å². The van der Waals surface area contributed by atoms with Gasteiger partial charge in [-0.3, -0.25) is 4.68 Å². The van der Waals surface area contributed by atoms with Crippen molar-refractivity contribution in [3.8, 4) is 0 Å². The van der Waals surface area contributed by atoms with Crippen molar-refractivity contribution in [2.75, 3.05) is 0 Å². The lowest BCUT2D eigenvalue weighted by molar-refractivity contribution is -0.0523. The van der Waals surface area contributed by atoms with E-state index in [2.05, 4.69) is 9.28 Å². The van der Waals surface area contributed by atoms with Gasteiger partial charge in [-0.2, -0.15) is 26.7 Å². The number of fused-ring (bicyclic) bond motifs is 1. The van der Waals surface area contributed by atoms with Crippen molar-refractivity contribution in [1.29, 1.82) is 0 Å². The Hall–Kier alpha value is -1.51. The predicted molar refractivity (Wildman–Crippen MR) is 70.9 cm³/mol. The Morgan fingerprint density at radius 3 is 2.64 bits per heavy atom. The molecule has 0 spiro atoms. The van der Waals surface area contributed by atoms with Crippen LogP contribution in [0, 0.1) is 11.8 Å². The first kappa shape index (κ1) is 15.4. The molecule has 3 atom stereocenters. The lowest BCUT2D eigenvalue weighted by Crippen LogP contribution is -2.25. The highest BCUT2D eigenvalue weighted by atomic mass is 32.2. The Morgan fingerprint density at radius 2 is 2.09 bits per heavy atom. The third kappa shape index (κ3) is 2.73. The number of aryl methyl sites for hydroxylation is 1. The fourth-order valence-corrected chi connectivity index (χ4v) is 3.83. The highest BCUT2D eigenvalue weighted by molar-refractivity contribution is 7.87. The second-order valence-corrected chi connectivity index (χ2v) is 7.40. The SMILES string of the molecule is Cn1cc(C2CC3C=C(OS(=O)(=O)C(F)(F)F)CC3C2)cn1. The molecule has 1 aromatic heterocycles. The van der Waals surface area contributed by atoms with Gasteiger partial charge in [-0.05, 0) is 42.2 Å². The molecule has 1 heterocycles. The Morgan fingerprint density at radius 1 is 1.36 bits per heavy atom. The van der Waals surface area contributed by atoms with E-state index in [1.165, 1.54) is 6.08 Å². The van der Waals surface area contributed by atoms with E-state index in [4.69, 9.17) is 0 Å². The maximum absolute atomic E-state index is 12.3. The van der Waals surface area contributed by atoms with E-state index in [1.807, 2.05) is 13.2 Å². The highest BCUT2D eigenvalue weighted by Gasteiger charge is 2.50. The summed E-state index contributed by atoms with van der Waals surface area (Å²) in [4.78, 5) is 0. The molecular formula is C13H15F3N2O3S. The van der Waals surface area contributed by atoms with Gasteiger partial charge in [0, 0.05) is 19.7 Å². The van der Waals surface area contributed by atoms with E-state index in [0.717, 1.165) is 18.4 Å². The average molecular weight is 336 g/mol. The Balaban J connectivity index is 1.68. The second-order valence-electron chi connectivity index (χ2n) is 5.86. The Labute approximate surface area is 125 Å². The minimum atomic E-state index is -5.56. The van der Waals surface area contributed by atoms with Crippen LogP contribution in [0.15, 0.2) is 24.2 Å². The number of hydrogen-bond acceptors (Lipinski definition) is 4. The summed E-state index contributed by atoms with van der Waals surface area (Å²) in [6.07, 6.45) is 7.06. The van der Waals surface area contributed by atoms with Crippen molar-refractivity contribution in [3.05, 3.63) is 29.8 Å². The monoisotopic (exact) mass is 336 g/mol. The Kier molecular flexibility index (Phi) is 3.50. The van der Waals surface area contributed by atoms with Gasteiger partial charge in [-0.25, -0.2) is 0 Å². The summed E-state index contributed by atoms with van der Waals surface area (Å²) in [7, 11) is -3.73. The van der Waals surface area contributed by atoms with E-state index >= 15 is 0 Å². The van der Waals surface area contributed by atoms with Crippen LogP contribution in [0.25, 0.3) is 0 Å². The summed E-state index contributed by atoms with van der Waals surface area (Å²) < 4.78 is 64.9. The van der Waals surface area contributed by atoms with Crippen molar-refractivity contribution in [3.63, 3.8) is 0 Å². The zero-order valence-electron chi connectivity index (χ0n) is 11.7. The molecule has 0 amide bonds. The van der Waals surface area contributed by atoms with Gasteiger partial charge in [0.25, 0.3) is 0 Å². The van der Waals surface area contributed by atoms with Crippen LogP contribution < -0.4 is 0 Å². The maximum Gasteiger partial charge on any atom is 0.534 e. The van der Waals surface area contributed by atoms with Crippen molar-refractivity contribution in [2.45, 2.75) is 30.7 Å². The van der Waals surface area contributed by atoms with Crippen LogP contribution in [0.1, 0.15) is 30.7 Å². The van der Waals surface area contributed by atoms with Gasteiger partial charge in [0.2, 0.25) is 0 Å². The molecule has 1 fully saturated rings. The minimum absolute atomic E-state index is 0.0589. The van der Waals surface area contributed by atoms with Crippen LogP contribution >= 0.6 is 0 Å². The number of rotatable bonds is 3. The summed E-state index contributed by atoms with van der Waals surface area (Å²) in [5.41, 5.74) is -4.28. The standard InChI is InChI=1S/C13H15F3N2O3S/c1-18-7-11(6-17-18)8-2-9-4-12(5-10(9)3-8)21-22(19,20)13(14,15)16/h4,6-10H,2-3,5H2,1H3. The smallest absolute Gasteiger partial charge is 0.381 e. The normalized spacial score (nSPS) is 28.5. The molecule has 0 radical (unpaired) electrons. The number of aromatic nitrogens is 2. The molecule has 0 aliphatic heterocycles. The van der Waals surface area contributed by atoms with Gasteiger partial charge in [-0.15, -0.1) is 0 Å². The molecular weight excluding hydrogens is 321 g/mol. The van der Waals surface area contributed by atoms with Gasteiger partial charge >= 0.3 is 15.6 Å². The van der Waals surface area contributed by atoms with Gasteiger partial charge in [0.05, 0.1) is 6.20 Å². The summed E-state index contributed by atoms with van der Waals surface area (Å²) in [6.45, 7) is 0. The third-order valence-electron chi connectivity index (χ3n) is 4.31. The van der Waals surface area contributed by atoms with Crippen LogP contribution in [0.3, 0.4) is 0 Å². The molecule has 2 aliphatic carbocycles. The van der Waals surface area contributed by atoms with E-state index in [1.54, 1.807) is 10.9 Å². The highest BCUT2D eigenvalue weighted by Crippen LogP contribution is 2.50. The largest absolute Gasteiger partial charge is 0.534 e. The zero-order chi connectivity index (χ0) is 16.1. The fourth-order valence-electron chi connectivity index (χ4n) is 3.33. The second kappa shape index (κ2) is 5.00. The van der Waals surface area contributed by atoms with E-state index < -0.39 is 15.6 Å². The molecule has 9 heteroatoms. The van der Waals surface area contributed by atoms with Crippen molar-refractivity contribution in [2.24, 2.45) is 18.9 Å². The molecule has 2 aliphatic rings. The quantitative estimate of drug-likeness (QED) is 0.629. The minimum Gasteiger partial charge on any atom is -0.381 e. The molecule has 5 nitrogen and oxygen atoms in total. The van der Waals surface area contributed by atoms with Crippen LogP contribution in [0.4, 0.5) is 13.2 Å². The van der Waals surface area contributed by atoms with Crippen LogP contribution in [-0.2, 0) is 21.3 Å². The summed E-state index contributed by atoms with van der Waals surface area (Å²) in [5.74, 6) is 0.407. The summed E-state index contributed by atoms with van der Waals surface area (Å²) >= 11 is 0. The van der Waals surface area contributed by atoms with Gasteiger partial charge in [0.15, 0.2) is 0 Å². The summed E-state index contributed by atoms with van der Waals surface area (Å²) in [5, 5.41) is 4.12.